The largest absolute Gasteiger partial charge is 0.466 e. The van der Waals surface area contributed by atoms with Crippen molar-refractivity contribution in [3.05, 3.63) is 24.3 Å². The maximum Gasteiger partial charge on any atom is 0.305 e. The van der Waals surface area contributed by atoms with Crippen LogP contribution in [0.4, 0.5) is 0 Å². The average Bonchev–Trinajstić information content (AvgIpc) is 3.14. The molecule has 0 aromatic carbocycles. The Balaban J connectivity index is 3.57. The fraction of sp³-hybridized carbons (Fsp3) is 0.870. The van der Waals surface area contributed by atoms with Crippen LogP contribution in [0.2, 0.25) is 0 Å². The van der Waals surface area contributed by atoms with E-state index in [9.17, 15) is 19.8 Å². The van der Waals surface area contributed by atoms with Gasteiger partial charge in [0.2, 0.25) is 5.91 Å². The van der Waals surface area contributed by atoms with Gasteiger partial charge in [-0.2, -0.15) is 0 Å². The predicted octanol–water partition coefficient (Wildman–Crippen LogP) is 12.8. The molecule has 6 heteroatoms. The van der Waals surface area contributed by atoms with Crippen LogP contribution in [0.1, 0.15) is 232 Å². The van der Waals surface area contributed by atoms with E-state index in [1.807, 2.05) is 0 Å². The highest BCUT2D eigenvalue weighted by Crippen LogP contribution is 2.15. The number of amides is 1. The lowest BCUT2D eigenvalue weighted by Gasteiger charge is -2.22. The Bertz CT molecular complexity index is 813. The van der Waals surface area contributed by atoms with Gasteiger partial charge in [-0.15, -0.1) is 0 Å². The number of allylic oxidation sites excluding steroid dienone is 4. The molecule has 0 aliphatic heterocycles. The van der Waals surface area contributed by atoms with Crippen LogP contribution in [0.5, 0.6) is 0 Å². The smallest absolute Gasteiger partial charge is 0.305 e. The van der Waals surface area contributed by atoms with Gasteiger partial charge in [0.25, 0.3) is 0 Å². The van der Waals surface area contributed by atoms with Gasteiger partial charge in [0, 0.05) is 12.8 Å². The van der Waals surface area contributed by atoms with Gasteiger partial charge in [-0.1, -0.05) is 173 Å². The second kappa shape index (κ2) is 42.1. The van der Waals surface area contributed by atoms with Crippen LogP contribution >= 0.6 is 0 Å². The van der Waals surface area contributed by atoms with Crippen LogP contribution in [-0.4, -0.2) is 47.4 Å². The lowest BCUT2D eigenvalue weighted by molar-refractivity contribution is -0.143. The minimum Gasteiger partial charge on any atom is -0.466 e. The molecule has 3 N–H and O–H groups in total. The van der Waals surface area contributed by atoms with Crippen LogP contribution in [-0.2, 0) is 14.3 Å². The number of hydrogen-bond acceptors (Lipinski definition) is 5. The standard InChI is InChI=1S/C46H87NO5/c1-3-5-7-9-11-13-15-17-18-19-22-26-30-34-38-44(49)43(42-48)47-45(50)39-35-31-27-23-21-25-29-33-37-41-52-46(51)40-36-32-28-24-20-16-14-12-10-8-6-4-2/h12,14,23,27,43-44,48-49H,3-11,13,15-22,24-26,28-42H2,1-2H3,(H,47,50)/b14-12-,27-23-. The number of carbonyl (C=O) groups excluding carboxylic acids is 2. The first-order valence-electron chi connectivity index (χ1n) is 22.6. The van der Waals surface area contributed by atoms with E-state index in [0.29, 0.717) is 25.9 Å². The summed E-state index contributed by atoms with van der Waals surface area (Å²) in [6, 6.07) is -0.578. The molecule has 0 aromatic heterocycles. The van der Waals surface area contributed by atoms with E-state index in [4.69, 9.17) is 4.74 Å². The predicted molar refractivity (Wildman–Crippen MR) is 223 cm³/mol. The molecule has 0 saturated heterocycles. The first-order valence-corrected chi connectivity index (χ1v) is 22.6. The third kappa shape index (κ3) is 38.1. The third-order valence-corrected chi connectivity index (χ3v) is 10.2. The fourth-order valence-corrected chi connectivity index (χ4v) is 6.69. The van der Waals surface area contributed by atoms with Crippen LogP contribution in [0.15, 0.2) is 24.3 Å². The molecule has 52 heavy (non-hydrogen) atoms. The summed E-state index contributed by atoms with van der Waals surface area (Å²) >= 11 is 0. The zero-order chi connectivity index (χ0) is 38.0. The summed E-state index contributed by atoms with van der Waals surface area (Å²) in [5.41, 5.74) is 0. The Hall–Kier alpha value is -1.66. The number of nitrogens with one attached hydrogen (secondary N) is 1. The number of rotatable bonds is 41. The lowest BCUT2D eigenvalue weighted by Crippen LogP contribution is -2.45. The van der Waals surface area contributed by atoms with Crippen molar-refractivity contribution < 1.29 is 24.5 Å². The van der Waals surface area contributed by atoms with Gasteiger partial charge < -0.3 is 20.3 Å². The summed E-state index contributed by atoms with van der Waals surface area (Å²) in [6.45, 7) is 4.82. The number of aliphatic hydroxyl groups excluding tert-OH is 2. The van der Waals surface area contributed by atoms with E-state index < -0.39 is 12.1 Å². The number of hydrogen-bond donors (Lipinski definition) is 3. The molecule has 0 aromatic rings. The molecule has 0 heterocycles. The Morgan fingerprint density at radius 3 is 1.44 bits per heavy atom. The number of esters is 1. The lowest BCUT2D eigenvalue weighted by atomic mass is 10.0. The molecular formula is C46H87NO5. The van der Waals surface area contributed by atoms with E-state index in [0.717, 1.165) is 70.6 Å². The molecule has 2 atom stereocenters. The van der Waals surface area contributed by atoms with Crippen molar-refractivity contribution >= 4 is 11.9 Å². The van der Waals surface area contributed by atoms with Gasteiger partial charge in [-0.3, -0.25) is 9.59 Å². The molecule has 0 rings (SSSR count). The Labute approximate surface area is 322 Å². The minimum absolute atomic E-state index is 0.0464. The van der Waals surface area contributed by atoms with E-state index in [2.05, 4.69) is 43.5 Å². The van der Waals surface area contributed by atoms with Gasteiger partial charge in [-0.25, -0.2) is 0 Å². The fourth-order valence-electron chi connectivity index (χ4n) is 6.69. The molecular weight excluding hydrogens is 647 g/mol. The van der Waals surface area contributed by atoms with Crippen LogP contribution < -0.4 is 5.32 Å². The Kier molecular flexibility index (Phi) is 40.7. The van der Waals surface area contributed by atoms with E-state index in [1.54, 1.807) is 0 Å². The summed E-state index contributed by atoms with van der Waals surface area (Å²) in [5, 5.41) is 23.1. The van der Waals surface area contributed by atoms with Gasteiger partial charge in [0.15, 0.2) is 0 Å². The molecule has 0 spiro atoms. The summed E-state index contributed by atoms with van der Waals surface area (Å²) < 4.78 is 5.41. The third-order valence-electron chi connectivity index (χ3n) is 10.2. The van der Waals surface area contributed by atoms with Crippen molar-refractivity contribution in [2.75, 3.05) is 13.2 Å². The normalized spacial score (nSPS) is 12.9. The highest BCUT2D eigenvalue weighted by atomic mass is 16.5. The molecule has 306 valence electrons. The maximum atomic E-state index is 12.4. The molecule has 6 nitrogen and oxygen atoms in total. The number of ether oxygens (including phenoxy) is 1. The minimum atomic E-state index is -0.694. The number of aliphatic hydroxyl groups is 2. The molecule has 0 saturated carbocycles. The van der Waals surface area contributed by atoms with E-state index in [1.165, 1.54) is 128 Å². The highest BCUT2D eigenvalue weighted by Gasteiger charge is 2.19. The first kappa shape index (κ1) is 50.3. The maximum absolute atomic E-state index is 12.4. The van der Waals surface area contributed by atoms with Gasteiger partial charge in [0.05, 0.1) is 25.4 Å². The van der Waals surface area contributed by atoms with Crippen molar-refractivity contribution in [1.29, 1.82) is 0 Å². The van der Waals surface area contributed by atoms with Crippen molar-refractivity contribution in [3.8, 4) is 0 Å². The molecule has 0 fully saturated rings. The van der Waals surface area contributed by atoms with Crippen molar-refractivity contribution in [2.24, 2.45) is 0 Å². The molecule has 0 bridgehead atoms. The van der Waals surface area contributed by atoms with E-state index >= 15 is 0 Å². The zero-order valence-electron chi connectivity index (χ0n) is 34.5. The van der Waals surface area contributed by atoms with Crippen molar-refractivity contribution in [3.63, 3.8) is 0 Å². The van der Waals surface area contributed by atoms with Crippen LogP contribution in [0.3, 0.4) is 0 Å². The molecule has 1 amide bonds. The second-order valence-corrected chi connectivity index (χ2v) is 15.4. The summed E-state index contributed by atoms with van der Waals surface area (Å²) in [6.07, 6.45) is 47.1. The zero-order valence-corrected chi connectivity index (χ0v) is 34.5. The second-order valence-electron chi connectivity index (χ2n) is 15.4. The van der Waals surface area contributed by atoms with Crippen molar-refractivity contribution in [2.45, 2.75) is 244 Å². The first-order chi connectivity index (χ1) is 25.5. The number of carbonyl (C=O) groups is 2. The Morgan fingerprint density at radius 2 is 0.923 bits per heavy atom. The monoisotopic (exact) mass is 734 g/mol. The molecule has 2 unspecified atom stereocenters. The summed E-state index contributed by atoms with van der Waals surface area (Å²) in [5.74, 6) is -0.144. The van der Waals surface area contributed by atoms with Gasteiger partial charge >= 0.3 is 5.97 Å². The van der Waals surface area contributed by atoms with Crippen molar-refractivity contribution in [1.82, 2.24) is 5.32 Å². The average molecular weight is 734 g/mol. The summed E-state index contributed by atoms with van der Waals surface area (Å²) in [7, 11) is 0. The van der Waals surface area contributed by atoms with Gasteiger partial charge in [0.1, 0.15) is 0 Å². The topological polar surface area (TPSA) is 95.9 Å². The Morgan fingerprint density at radius 1 is 0.519 bits per heavy atom. The SMILES string of the molecule is CCCCC/C=C\CCCCCCCC(=O)OCCCCCC/C=C\CCCC(=O)NC(CO)C(O)CCCCCCCCCCCCCCCC. The van der Waals surface area contributed by atoms with E-state index in [-0.39, 0.29) is 18.5 Å². The number of unbranched alkanes of at least 4 members (excludes halogenated alkanes) is 26. The van der Waals surface area contributed by atoms with Gasteiger partial charge in [-0.05, 0) is 70.6 Å². The summed E-state index contributed by atoms with van der Waals surface area (Å²) in [4.78, 5) is 24.3. The molecule has 0 aliphatic rings. The van der Waals surface area contributed by atoms with Crippen LogP contribution in [0.25, 0.3) is 0 Å². The highest BCUT2D eigenvalue weighted by molar-refractivity contribution is 5.76. The van der Waals surface area contributed by atoms with Crippen LogP contribution in [0, 0.1) is 0 Å². The molecule has 0 radical (unpaired) electrons. The quantitative estimate of drug-likeness (QED) is 0.0330. The molecule has 0 aliphatic carbocycles.